The largest absolute Gasteiger partial charge is 0.478 e. The van der Waals surface area contributed by atoms with Gasteiger partial charge in [0.15, 0.2) is 0 Å². The standard InChI is InChI=1S/C12H27N.C3H4O2.ClH/c1-4-7-10-13(11-8-5-2)12-9-6-3;1-2-3(4)5;/h4-12H2,1-3H3;2H,1H2,(H,4,5);1H. The van der Waals surface area contributed by atoms with E-state index in [0.29, 0.717) is 0 Å². The van der Waals surface area contributed by atoms with Gasteiger partial charge in [0.25, 0.3) is 0 Å². The van der Waals surface area contributed by atoms with Crippen molar-refractivity contribution in [2.75, 3.05) is 19.6 Å². The first kappa shape index (κ1) is 23.5. The molecule has 0 aliphatic heterocycles. The molecule has 0 saturated heterocycles. The lowest BCUT2D eigenvalue weighted by molar-refractivity contribution is -0.131. The topological polar surface area (TPSA) is 40.5 Å². The Morgan fingerprint density at radius 1 is 1.00 bits per heavy atom. The number of hydrogen-bond donors (Lipinski definition) is 1. The van der Waals surface area contributed by atoms with Crippen molar-refractivity contribution in [3.63, 3.8) is 0 Å². The van der Waals surface area contributed by atoms with Crippen LogP contribution in [-0.4, -0.2) is 35.6 Å². The minimum atomic E-state index is -0.981. The molecule has 0 rings (SSSR count). The molecule has 0 aliphatic rings. The molecule has 0 aromatic heterocycles. The highest BCUT2D eigenvalue weighted by molar-refractivity contribution is 5.85. The summed E-state index contributed by atoms with van der Waals surface area (Å²) in [4.78, 5) is 11.9. The van der Waals surface area contributed by atoms with Crippen molar-refractivity contribution in [1.82, 2.24) is 4.90 Å². The third-order valence-corrected chi connectivity index (χ3v) is 2.66. The van der Waals surface area contributed by atoms with Gasteiger partial charge in [-0.05, 0) is 38.9 Å². The molecule has 0 heterocycles. The van der Waals surface area contributed by atoms with Gasteiger partial charge in [-0.25, -0.2) is 4.79 Å². The second-order valence-corrected chi connectivity index (χ2v) is 4.44. The van der Waals surface area contributed by atoms with E-state index in [1.54, 1.807) is 0 Å². The van der Waals surface area contributed by atoms with Crippen molar-refractivity contribution in [2.24, 2.45) is 0 Å². The van der Waals surface area contributed by atoms with E-state index < -0.39 is 5.97 Å². The van der Waals surface area contributed by atoms with Crippen LogP contribution < -0.4 is 0 Å². The zero-order chi connectivity index (χ0) is 14.2. The molecule has 0 radical (unpaired) electrons. The summed E-state index contributed by atoms with van der Waals surface area (Å²) in [5.74, 6) is -0.981. The summed E-state index contributed by atoms with van der Waals surface area (Å²) < 4.78 is 0. The molecule has 19 heavy (non-hydrogen) atoms. The highest BCUT2D eigenvalue weighted by atomic mass is 35.5. The van der Waals surface area contributed by atoms with E-state index in [-0.39, 0.29) is 12.4 Å². The number of carboxylic acid groups (broad SMARTS) is 1. The van der Waals surface area contributed by atoms with E-state index in [4.69, 9.17) is 5.11 Å². The number of halogens is 1. The summed E-state index contributed by atoms with van der Waals surface area (Å²) in [6.45, 7) is 13.7. The minimum Gasteiger partial charge on any atom is -0.478 e. The van der Waals surface area contributed by atoms with Gasteiger partial charge < -0.3 is 10.0 Å². The van der Waals surface area contributed by atoms with Crippen LogP contribution in [0.4, 0.5) is 0 Å². The van der Waals surface area contributed by atoms with Gasteiger partial charge in [0.05, 0.1) is 0 Å². The van der Waals surface area contributed by atoms with Gasteiger partial charge >= 0.3 is 5.97 Å². The molecular formula is C15H32ClNO2. The monoisotopic (exact) mass is 293 g/mol. The van der Waals surface area contributed by atoms with E-state index in [2.05, 4.69) is 32.3 Å². The van der Waals surface area contributed by atoms with Crippen molar-refractivity contribution >= 4 is 18.4 Å². The summed E-state index contributed by atoms with van der Waals surface area (Å²) >= 11 is 0. The summed E-state index contributed by atoms with van der Waals surface area (Å²) in [7, 11) is 0. The number of unbranched alkanes of at least 4 members (excludes halogenated alkanes) is 3. The summed E-state index contributed by atoms with van der Waals surface area (Å²) in [6.07, 6.45) is 8.92. The lowest BCUT2D eigenvalue weighted by Crippen LogP contribution is -2.27. The predicted molar refractivity (Wildman–Crippen MR) is 86.2 cm³/mol. The van der Waals surface area contributed by atoms with Crippen LogP contribution in [0.3, 0.4) is 0 Å². The molecule has 116 valence electrons. The molecule has 0 aromatic rings. The number of hydrogen-bond acceptors (Lipinski definition) is 2. The Morgan fingerprint density at radius 3 is 1.42 bits per heavy atom. The van der Waals surface area contributed by atoms with Gasteiger partial charge in [0, 0.05) is 6.08 Å². The van der Waals surface area contributed by atoms with Crippen LogP contribution in [0, 0.1) is 0 Å². The minimum absolute atomic E-state index is 0. The summed E-state index contributed by atoms with van der Waals surface area (Å²) in [6, 6.07) is 0. The SMILES string of the molecule is C=CC(=O)O.CCCCN(CCCC)CCCC.Cl. The van der Waals surface area contributed by atoms with Crippen molar-refractivity contribution < 1.29 is 9.90 Å². The Kier molecular flexibility index (Phi) is 24.5. The van der Waals surface area contributed by atoms with Crippen molar-refractivity contribution in [1.29, 1.82) is 0 Å². The molecule has 3 nitrogen and oxygen atoms in total. The van der Waals surface area contributed by atoms with E-state index in [1.807, 2.05) is 0 Å². The average Bonchev–Trinajstić information content (AvgIpc) is 2.38. The van der Waals surface area contributed by atoms with Crippen molar-refractivity contribution in [2.45, 2.75) is 59.3 Å². The third kappa shape index (κ3) is 23.0. The molecule has 0 aromatic carbocycles. The number of nitrogens with zero attached hydrogens (tertiary/aromatic N) is 1. The first-order valence-corrected chi connectivity index (χ1v) is 7.19. The van der Waals surface area contributed by atoms with Crippen LogP contribution in [-0.2, 0) is 4.79 Å². The van der Waals surface area contributed by atoms with Crippen molar-refractivity contribution in [3.05, 3.63) is 12.7 Å². The van der Waals surface area contributed by atoms with Crippen LogP contribution in [0.1, 0.15) is 59.3 Å². The number of carboxylic acids is 1. The van der Waals surface area contributed by atoms with Crippen LogP contribution in [0.5, 0.6) is 0 Å². The smallest absolute Gasteiger partial charge is 0.327 e. The normalized spacial score (nSPS) is 9.26. The number of carbonyl (C=O) groups is 1. The van der Waals surface area contributed by atoms with Crippen LogP contribution in [0.15, 0.2) is 12.7 Å². The van der Waals surface area contributed by atoms with Gasteiger partial charge in [0.2, 0.25) is 0 Å². The first-order valence-electron chi connectivity index (χ1n) is 7.19. The molecule has 0 atom stereocenters. The van der Waals surface area contributed by atoms with E-state index in [9.17, 15) is 4.79 Å². The maximum Gasteiger partial charge on any atom is 0.327 e. The van der Waals surface area contributed by atoms with Crippen LogP contribution in [0.25, 0.3) is 0 Å². The second-order valence-electron chi connectivity index (χ2n) is 4.44. The van der Waals surface area contributed by atoms with Crippen LogP contribution in [0.2, 0.25) is 0 Å². The fourth-order valence-corrected chi connectivity index (χ4v) is 1.48. The third-order valence-electron chi connectivity index (χ3n) is 2.66. The molecule has 0 bridgehead atoms. The molecule has 1 N–H and O–H groups in total. The lowest BCUT2D eigenvalue weighted by atomic mass is 10.2. The molecule has 0 aliphatic carbocycles. The van der Waals surface area contributed by atoms with Gasteiger partial charge in [-0.3, -0.25) is 0 Å². The Hall–Kier alpha value is -0.540. The molecule has 0 saturated carbocycles. The highest BCUT2D eigenvalue weighted by Gasteiger charge is 2.01. The van der Waals surface area contributed by atoms with E-state index in [1.165, 1.54) is 58.2 Å². The van der Waals surface area contributed by atoms with Gasteiger partial charge in [-0.1, -0.05) is 46.6 Å². The van der Waals surface area contributed by atoms with Crippen LogP contribution >= 0.6 is 12.4 Å². The second kappa shape index (κ2) is 19.8. The molecule has 0 unspecified atom stereocenters. The fraction of sp³-hybridized carbons (Fsp3) is 0.800. The first-order chi connectivity index (χ1) is 8.62. The van der Waals surface area contributed by atoms with Gasteiger partial charge in [0.1, 0.15) is 0 Å². The summed E-state index contributed by atoms with van der Waals surface area (Å²) in [5, 5.41) is 7.60. The van der Waals surface area contributed by atoms with E-state index >= 15 is 0 Å². The zero-order valence-corrected chi connectivity index (χ0v) is 13.7. The quantitative estimate of drug-likeness (QED) is 0.608. The van der Waals surface area contributed by atoms with Gasteiger partial charge in [-0.2, -0.15) is 0 Å². The lowest BCUT2D eigenvalue weighted by Gasteiger charge is -2.21. The Balaban J connectivity index is -0.000000366. The maximum absolute atomic E-state index is 9.25. The Morgan fingerprint density at radius 2 is 1.26 bits per heavy atom. The molecular weight excluding hydrogens is 262 g/mol. The van der Waals surface area contributed by atoms with E-state index in [0.717, 1.165) is 6.08 Å². The number of rotatable bonds is 10. The molecule has 0 spiro atoms. The predicted octanol–water partition coefficient (Wildman–Crippen LogP) is 4.37. The van der Waals surface area contributed by atoms with Crippen molar-refractivity contribution in [3.8, 4) is 0 Å². The highest BCUT2D eigenvalue weighted by Crippen LogP contribution is 2.01. The average molecular weight is 294 g/mol. The Labute approximate surface area is 125 Å². The maximum atomic E-state index is 9.25. The van der Waals surface area contributed by atoms with Gasteiger partial charge in [-0.15, -0.1) is 12.4 Å². The molecule has 0 amide bonds. The zero-order valence-electron chi connectivity index (χ0n) is 12.9. The molecule has 0 fully saturated rings. The molecule has 4 heteroatoms. The Bertz CT molecular complexity index is 180. The fourth-order valence-electron chi connectivity index (χ4n) is 1.48. The number of aliphatic carboxylic acids is 1. The summed E-state index contributed by atoms with van der Waals surface area (Å²) in [5.41, 5.74) is 0.